The van der Waals surface area contributed by atoms with E-state index in [1.54, 1.807) is 6.92 Å². The van der Waals surface area contributed by atoms with E-state index in [2.05, 4.69) is 9.47 Å². The van der Waals surface area contributed by atoms with E-state index in [1.807, 2.05) is 0 Å². The van der Waals surface area contributed by atoms with Crippen LogP contribution in [0.15, 0.2) is 23.5 Å². The van der Waals surface area contributed by atoms with Crippen LogP contribution in [0.25, 0.3) is 0 Å². The maximum absolute atomic E-state index is 10.8. The van der Waals surface area contributed by atoms with Gasteiger partial charge in [-0.05, 0) is 13.0 Å². The maximum Gasteiger partial charge on any atom is 0.339 e. The second-order valence-corrected chi connectivity index (χ2v) is 2.29. The van der Waals surface area contributed by atoms with Crippen molar-refractivity contribution >= 4 is 11.9 Å². The van der Waals surface area contributed by atoms with E-state index in [4.69, 9.17) is 0 Å². The highest BCUT2D eigenvalue weighted by Crippen LogP contribution is 2.15. The zero-order valence-electron chi connectivity index (χ0n) is 6.79. The second-order valence-electron chi connectivity index (χ2n) is 2.29. The lowest BCUT2D eigenvalue weighted by Crippen LogP contribution is -1.99. The normalized spacial score (nSPS) is 19.0. The number of esters is 2. The van der Waals surface area contributed by atoms with Crippen LogP contribution in [-0.4, -0.2) is 19.0 Å². The van der Waals surface area contributed by atoms with E-state index < -0.39 is 11.9 Å². The number of hydrogen-bond acceptors (Lipinski definition) is 4. The van der Waals surface area contributed by atoms with Gasteiger partial charge in [-0.3, -0.25) is 0 Å². The molecule has 0 aromatic carbocycles. The van der Waals surface area contributed by atoms with Crippen LogP contribution in [0, 0.1) is 0 Å². The third kappa shape index (κ3) is 1.72. The van der Waals surface area contributed by atoms with Gasteiger partial charge in [0, 0.05) is 5.57 Å². The maximum atomic E-state index is 10.8. The van der Waals surface area contributed by atoms with Gasteiger partial charge in [0.2, 0.25) is 0 Å². The molecular weight excluding hydrogens is 160 g/mol. The molecule has 0 saturated carbocycles. The molecule has 1 aliphatic rings. The van der Waals surface area contributed by atoms with Crippen LogP contribution in [0.2, 0.25) is 0 Å². The Kier molecular flexibility index (Phi) is 2.28. The van der Waals surface area contributed by atoms with Crippen LogP contribution in [0.1, 0.15) is 6.92 Å². The summed E-state index contributed by atoms with van der Waals surface area (Å²) < 4.78 is 9.02. The van der Waals surface area contributed by atoms with Crippen LogP contribution >= 0.6 is 0 Å². The van der Waals surface area contributed by atoms with Gasteiger partial charge in [-0.25, -0.2) is 9.59 Å². The van der Waals surface area contributed by atoms with Gasteiger partial charge < -0.3 is 9.47 Å². The molecular formula is C8H8O4. The molecule has 0 aromatic heterocycles. The van der Waals surface area contributed by atoms with Gasteiger partial charge in [0.15, 0.2) is 0 Å². The highest BCUT2D eigenvalue weighted by atomic mass is 16.5. The number of hydrogen-bond donors (Lipinski definition) is 0. The standard InChI is InChI=1S/C8H8O4/c1-5-3-6(12-8(5)10)4-7(9)11-2/h3-4H,1-2H3/b6-4-. The van der Waals surface area contributed by atoms with Crippen molar-refractivity contribution in [3.05, 3.63) is 23.5 Å². The summed E-state index contributed by atoms with van der Waals surface area (Å²) in [6.45, 7) is 1.61. The van der Waals surface area contributed by atoms with Crippen LogP contribution in [0.3, 0.4) is 0 Å². The van der Waals surface area contributed by atoms with E-state index in [9.17, 15) is 9.59 Å². The Morgan fingerprint density at radius 2 is 2.33 bits per heavy atom. The predicted octanol–water partition coefficient (Wildman–Crippen LogP) is 0.546. The van der Waals surface area contributed by atoms with Crippen molar-refractivity contribution in [2.75, 3.05) is 7.11 Å². The second kappa shape index (κ2) is 3.21. The molecule has 0 bridgehead atoms. The summed E-state index contributed by atoms with van der Waals surface area (Å²) in [5.41, 5.74) is 0.477. The van der Waals surface area contributed by atoms with Crippen LogP contribution in [-0.2, 0) is 19.1 Å². The van der Waals surface area contributed by atoms with Crippen molar-refractivity contribution in [1.29, 1.82) is 0 Å². The number of rotatable bonds is 1. The highest BCUT2D eigenvalue weighted by molar-refractivity contribution is 5.94. The Hall–Kier alpha value is -1.58. The number of cyclic esters (lactones) is 1. The van der Waals surface area contributed by atoms with Crippen molar-refractivity contribution in [3.63, 3.8) is 0 Å². The van der Waals surface area contributed by atoms with Crippen molar-refractivity contribution in [3.8, 4) is 0 Å². The third-order valence-corrected chi connectivity index (χ3v) is 1.35. The number of carbonyl (C=O) groups is 2. The molecule has 4 heteroatoms. The molecule has 0 aromatic rings. The SMILES string of the molecule is COC(=O)/C=C1/C=C(C)C(=O)O1. The van der Waals surface area contributed by atoms with Gasteiger partial charge in [-0.1, -0.05) is 0 Å². The van der Waals surface area contributed by atoms with E-state index in [0.717, 1.165) is 6.08 Å². The largest absolute Gasteiger partial charge is 0.466 e. The monoisotopic (exact) mass is 168 g/mol. The minimum atomic E-state index is -0.538. The Morgan fingerprint density at radius 1 is 1.67 bits per heavy atom. The number of ether oxygens (including phenoxy) is 2. The average molecular weight is 168 g/mol. The predicted molar refractivity (Wildman–Crippen MR) is 39.9 cm³/mol. The summed E-state index contributed by atoms with van der Waals surface area (Å²) in [6.07, 6.45) is 2.60. The van der Waals surface area contributed by atoms with Gasteiger partial charge >= 0.3 is 11.9 Å². The molecule has 64 valence electrons. The fourth-order valence-corrected chi connectivity index (χ4v) is 0.736. The molecule has 0 aliphatic carbocycles. The minimum Gasteiger partial charge on any atom is -0.466 e. The number of allylic oxidation sites excluding steroid dienone is 1. The van der Waals surface area contributed by atoms with Gasteiger partial charge in [-0.2, -0.15) is 0 Å². The number of carbonyl (C=O) groups excluding carboxylic acids is 2. The molecule has 0 saturated heterocycles. The molecule has 0 spiro atoms. The molecule has 0 atom stereocenters. The van der Waals surface area contributed by atoms with Gasteiger partial charge in [-0.15, -0.1) is 0 Å². The Balaban J connectivity index is 2.75. The molecule has 0 unspecified atom stereocenters. The summed E-state index contributed by atoms with van der Waals surface area (Å²) >= 11 is 0. The smallest absolute Gasteiger partial charge is 0.339 e. The zero-order valence-corrected chi connectivity index (χ0v) is 6.79. The van der Waals surface area contributed by atoms with Crippen molar-refractivity contribution in [2.45, 2.75) is 6.92 Å². The summed E-state index contributed by atoms with van der Waals surface area (Å²) in [7, 11) is 1.26. The fourth-order valence-electron chi connectivity index (χ4n) is 0.736. The molecule has 4 nitrogen and oxygen atoms in total. The summed E-state index contributed by atoms with van der Waals surface area (Å²) in [5, 5.41) is 0. The van der Waals surface area contributed by atoms with E-state index in [-0.39, 0.29) is 5.76 Å². The first-order valence-corrected chi connectivity index (χ1v) is 3.33. The van der Waals surface area contributed by atoms with Crippen LogP contribution < -0.4 is 0 Å². The van der Waals surface area contributed by atoms with E-state index >= 15 is 0 Å². The molecule has 1 aliphatic heterocycles. The molecule has 0 radical (unpaired) electrons. The molecule has 0 N–H and O–H groups in total. The first-order chi connectivity index (χ1) is 5.63. The summed E-state index contributed by atoms with van der Waals surface area (Å²) in [4.78, 5) is 21.4. The van der Waals surface area contributed by atoms with Crippen molar-refractivity contribution in [2.24, 2.45) is 0 Å². The van der Waals surface area contributed by atoms with Gasteiger partial charge in [0.05, 0.1) is 13.2 Å². The quantitative estimate of drug-likeness (QED) is 0.423. The topological polar surface area (TPSA) is 52.6 Å². The zero-order chi connectivity index (χ0) is 9.14. The molecule has 1 heterocycles. The lowest BCUT2D eigenvalue weighted by molar-refractivity contribution is -0.135. The molecule has 0 amide bonds. The Labute approximate surface area is 69.5 Å². The van der Waals surface area contributed by atoms with Crippen molar-refractivity contribution in [1.82, 2.24) is 0 Å². The lowest BCUT2D eigenvalue weighted by atomic mass is 10.3. The molecule has 1 rings (SSSR count). The summed E-state index contributed by atoms with van der Waals surface area (Å²) in [5.74, 6) is -0.738. The first-order valence-electron chi connectivity index (χ1n) is 3.33. The Morgan fingerprint density at radius 3 is 2.75 bits per heavy atom. The number of methoxy groups -OCH3 is 1. The summed E-state index contributed by atoms with van der Waals surface area (Å²) in [6, 6.07) is 0. The third-order valence-electron chi connectivity index (χ3n) is 1.35. The minimum absolute atomic E-state index is 0.226. The van der Waals surface area contributed by atoms with Gasteiger partial charge in [0.25, 0.3) is 0 Å². The van der Waals surface area contributed by atoms with Crippen LogP contribution in [0.5, 0.6) is 0 Å². The average Bonchev–Trinajstić information content (AvgIpc) is 2.31. The van der Waals surface area contributed by atoms with E-state index in [1.165, 1.54) is 13.2 Å². The fraction of sp³-hybridized carbons (Fsp3) is 0.250. The van der Waals surface area contributed by atoms with E-state index in [0.29, 0.717) is 5.57 Å². The van der Waals surface area contributed by atoms with Crippen molar-refractivity contribution < 1.29 is 19.1 Å². The van der Waals surface area contributed by atoms with Gasteiger partial charge in [0.1, 0.15) is 5.76 Å². The lowest BCUT2D eigenvalue weighted by Gasteiger charge is -1.94. The Bertz CT molecular complexity index is 285. The first kappa shape index (κ1) is 8.52. The van der Waals surface area contributed by atoms with Crippen LogP contribution in [0.4, 0.5) is 0 Å². The molecule has 0 fully saturated rings. The highest BCUT2D eigenvalue weighted by Gasteiger charge is 2.17. The molecule has 12 heavy (non-hydrogen) atoms.